The molecular formula is C15H22O2. The van der Waals surface area contributed by atoms with Gasteiger partial charge in [0.2, 0.25) is 0 Å². The van der Waals surface area contributed by atoms with Crippen LogP contribution in [0.25, 0.3) is 0 Å². The second-order valence-electron chi connectivity index (χ2n) is 6.16. The van der Waals surface area contributed by atoms with Crippen LogP contribution in [0.2, 0.25) is 0 Å². The smallest absolute Gasteiger partial charge is 0.128 e. The molecule has 1 unspecified atom stereocenters. The number of methoxy groups -OCH3 is 1. The van der Waals surface area contributed by atoms with Crippen molar-refractivity contribution in [3.05, 3.63) is 28.8 Å². The van der Waals surface area contributed by atoms with Gasteiger partial charge in [-0.25, -0.2) is 0 Å². The van der Waals surface area contributed by atoms with Crippen LogP contribution in [0.1, 0.15) is 44.4 Å². The Hall–Kier alpha value is -1.02. The van der Waals surface area contributed by atoms with Gasteiger partial charge in [0.25, 0.3) is 0 Å². The minimum absolute atomic E-state index is 0.0807. The van der Waals surface area contributed by atoms with Crippen molar-refractivity contribution in [3.63, 3.8) is 0 Å². The van der Waals surface area contributed by atoms with Crippen molar-refractivity contribution in [2.24, 2.45) is 0 Å². The van der Waals surface area contributed by atoms with Gasteiger partial charge >= 0.3 is 0 Å². The summed E-state index contributed by atoms with van der Waals surface area (Å²) >= 11 is 0. The maximum Gasteiger partial charge on any atom is 0.128 e. The van der Waals surface area contributed by atoms with Gasteiger partial charge in [-0.2, -0.15) is 0 Å². The summed E-state index contributed by atoms with van der Waals surface area (Å²) in [4.78, 5) is 0. The predicted octanol–water partition coefficient (Wildman–Crippen LogP) is 3.55. The van der Waals surface area contributed by atoms with Gasteiger partial charge in [-0.1, -0.05) is 32.4 Å². The monoisotopic (exact) mass is 234 g/mol. The molecule has 1 aliphatic rings. The number of hydrogen-bond donors (Lipinski definition) is 0. The van der Waals surface area contributed by atoms with E-state index in [1.54, 1.807) is 7.11 Å². The van der Waals surface area contributed by atoms with E-state index < -0.39 is 0 Å². The topological polar surface area (TPSA) is 21.8 Å². The second-order valence-corrected chi connectivity index (χ2v) is 6.16. The molecule has 1 saturated heterocycles. The third kappa shape index (κ3) is 2.19. The molecule has 2 rings (SSSR count). The van der Waals surface area contributed by atoms with Crippen molar-refractivity contribution in [1.29, 1.82) is 0 Å². The molecular weight excluding hydrogens is 212 g/mol. The van der Waals surface area contributed by atoms with E-state index in [0.717, 1.165) is 12.4 Å². The average molecular weight is 234 g/mol. The quantitative estimate of drug-likeness (QED) is 0.730. The lowest BCUT2D eigenvalue weighted by Crippen LogP contribution is -2.16. The van der Waals surface area contributed by atoms with E-state index in [0.29, 0.717) is 0 Å². The lowest BCUT2D eigenvalue weighted by Gasteiger charge is -2.25. The number of epoxide rings is 1. The van der Waals surface area contributed by atoms with Gasteiger partial charge in [0.1, 0.15) is 11.4 Å². The van der Waals surface area contributed by atoms with Crippen molar-refractivity contribution in [3.8, 4) is 5.75 Å². The second kappa shape index (κ2) is 3.74. The number of aryl methyl sites for hydroxylation is 1. The molecule has 0 radical (unpaired) electrons. The highest BCUT2D eigenvalue weighted by Crippen LogP contribution is 2.46. The summed E-state index contributed by atoms with van der Waals surface area (Å²) in [6.45, 7) is 11.7. The molecule has 0 aliphatic carbocycles. The van der Waals surface area contributed by atoms with Crippen LogP contribution in [0.5, 0.6) is 5.75 Å². The van der Waals surface area contributed by atoms with Crippen LogP contribution in [-0.4, -0.2) is 13.7 Å². The van der Waals surface area contributed by atoms with Crippen LogP contribution < -0.4 is 4.74 Å². The Morgan fingerprint density at radius 1 is 1.29 bits per heavy atom. The molecule has 1 aromatic rings. The molecule has 0 spiro atoms. The Morgan fingerprint density at radius 2 is 1.88 bits per heavy atom. The highest BCUT2D eigenvalue weighted by Gasteiger charge is 2.44. The van der Waals surface area contributed by atoms with E-state index in [-0.39, 0.29) is 11.0 Å². The van der Waals surface area contributed by atoms with Gasteiger partial charge in [0, 0.05) is 11.1 Å². The predicted molar refractivity (Wildman–Crippen MR) is 69.7 cm³/mol. The van der Waals surface area contributed by atoms with Gasteiger partial charge in [-0.15, -0.1) is 0 Å². The molecule has 94 valence electrons. The highest BCUT2D eigenvalue weighted by atomic mass is 16.6. The number of benzene rings is 1. The molecule has 2 heteroatoms. The normalized spacial score (nSPS) is 23.6. The summed E-state index contributed by atoms with van der Waals surface area (Å²) < 4.78 is 11.2. The van der Waals surface area contributed by atoms with Crippen LogP contribution in [0.3, 0.4) is 0 Å². The fraction of sp³-hybridized carbons (Fsp3) is 0.600. The average Bonchev–Trinajstić information content (AvgIpc) is 2.95. The minimum atomic E-state index is -0.142. The maximum absolute atomic E-state index is 5.64. The summed E-state index contributed by atoms with van der Waals surface area (Å²) in [7, 11) is 1.75. The van der Waals surface area contributed by atoms with Crippen LogP contribution >= 0.6 is 0 Å². The molecule has 1 aromatic carbocycles. The van der Waals surface area contributed by atoms with Crippen LogP contribution in [0, 0.1) is 6.92 Å². The Balaban J connectivity index is 2.64. The van der Waals surface area contributed by atoms with Crippen molar-refractivity contribution >= 4 is 0 Å². The first kappa shape index (κ1) is 12.4. The number of ether oxygens (including phenoxy) is 2. The van der Waals surface area contributed by atoms with Crippen molar-refractivity contribution in [2.45, 2.75) is 45.6 Å². The van der Waals surface area contributed by atoms with Crippen molar-refractivity contribution < 1.29 is 9.47 Å². The van der Waals surface area contributed by atoms with Crippen molar-refractivity contribution in [2.75, 3.05) is 13.7 Å². The molecule has 0 amide bonds. The Labute approximate surface area is 104 Å². The molecule has 0 bridgehead atoms. The molecule has 1 atom stereocenters. The summed E-state index contributed by atoms with van der Waals surface area (Å²) in [6, 6.07) is 4.40. The lowest BCUT2D eigenvalue weighted by atomic mass is 9.82. The van der Waals surface area contributed by atoms with E-state index in [4.69, 9.17) is 9.47 Å². The lowest BCUT2D eigenvalue weighted by molar-refractivity contribution is 0.313. The highest BCUT2D eigenvalue weighted by molar-refractivity contribution is 5.51. The van der Waals surface area contributed by atoms with Crippen LogP contribution in [-0.2, 0) is 15.8 Å². The van der Waals surface area contributed by atoms with E-state index >= 15 is 0 Å². The molecule has 0 aromatic heterocycles. The molecule has 0 saturated carbocycles. The van der Waals surface area contributed by atoms with Crippen molar-refractivity contribution in [1.82, 2.24) is 0 Å². The third-order valence-corrected chi connectivity index (χ3v) is 3.39. The number of rotatable bonds is 2. The fourth-order valence-electron chi connectivity index (χ4n) is 2.21. The molecule has 0 N–H and O–H groups in total. The number of hydrogen-bond acceptors (Lipinski definition) is 2. The summed E-state index contributed by atoms with van der Waals surface area (Å²) in [5, 5.41) is 0. The molecule has 1 aliphatic heterocycles. The first-order valence-electron chi connectivity index (χ1n) is 6.11. The van der Waals surface area contributed by atoms with E-state index in [1.165, 1.54) is 16.7 Å². The minimum Gasteiger partial charge on any atom is -0.496 e. The van der Waals surface area contributed by atoms with Crippen LogP contribution in [0.15, 0.2) is 12.1 Å². The largest absolute Gasteiger partial charge is 0.496 e. The molecule has 2 nitrogen and oxygen atoms in total. The third-order valence-electron chi connectivity index (χ3n) is 3.39. The SMILES string of the molecule is COc1c(C(C)(C)C)cc(C)cc1C1(C)CO1. The van der Waals surface area contributed by atoms with Crippen LogP contribution in [0.4, 0.5) is 0 Å². The molecule has 1 heterocycles. The van der Waals surface area contributed by atoms with Gasteiger partial charge in [0.15, 0.2) is 0 Å². The van der Waals surface area contributed by atoms with E-state index in [2.05, 4.69) is 46.8 Å². The molecule has 17 heavy (non-hydrogen) atoms. The first-order chi connectivity index (χ1) is 7.78. The molecule has 1 fully saturated rings. The summed E-state index contributed by atoms with van der Waals surface area (Å²) in [5.74, 6) is 0.989. The summed E-state index contributed by atoms with van der Waals surface area (Å²) in [6.07, 6.45) is 0. The summed E-state index contributed by atoms with van der Waals surface area (Å²) in [5.41, 5.74) is 3.65. The van der Waals surface area contributed by atoms with Gasteiger partial charge < -0.3 is 9.47 Å². The zero-order valence-electron chi connectivity index (χ0n) is 11.7. The maximum atomic E-state index is 5.64. The van der Waals surface area contributed by atoms with Gasteiger partial charge in [0.05, 0.1) is 13.7 Å². The Morgan fingerprint density at radius 3 is 2.29 bits per heavy atom. The zero-order valence-corrected chi connectivity index (χ0v) is 11.7. The van der Waals surface area contributed by atoms with E-state index in [1.807, 2.05) is 0 Å². The fourth-order valence-corrected chi connectivity index (χ4v) is 2.21. The Bertz CT molecular complexity index is 410. The van der Waals surface area contributed by atoms with Gasteiger partial charge in [-0.3, -0.25) is 0 Å². The standard InChI is InChI=1S/C15H22O2/c1-10-7-11(14(2,3)4)13(16-6)12(8-10)15(5)9-17-15/h7-8H,9H2,1-6H3. The zero-order chi connectivity index (χ0) is 12.8. The van der Waals surface area contributed by atoms with Gasteiger partial charge in [-0.05, 0) is 25.3 Å². The first-order valence-corrected chi connectivity index (χ1v) is 6.11. The Kier molecular flexibility index (Phi) is 2.74. The van der Waals surface area contributed by atoms with E-state index in [9.17, 15) is 0 Å².